The van der Waals surface area contributed by atoms with E-state index in [0.717, 1.165) is 64.2 Å². The van der Waals surface area contributed by atoms with E-state index in [1.807, 2.05) is 0 Å². The zero-order valence-electron chi connectivity index (χ0n) is 27.5. The van der Waals surface area contributed by atoms with Crippen LogP contribution >= 0.6 is 0 Å². The molecule has 10 atom stereocenters. The highest BCUT2D eigenvalue weighted by molar-refractivity contribution is 5.73. The predicted molar refractivity (Wildman–Crippen MR) is 156 cm³/mol. The number of hydrogen-bond acceptors (Lipinski definition) is 14. The summed E-state index contributed by atoms with van der Waals surface area (Å²) in [5.41, 5.74) is 0. The third-order valence-electron chi connectivity index (χ3n) is 9.70. The molecule has 0 aromatic carbocycles. The van der Waals surface area contributed by atoms with E-state index in [4.69, 9.17) is 47.4 Å². The largest absolute Gasteiger partial charge is 0.463 e. The Morgan fingerprint density at radius 3 is 1.81 bits per heavy atom. The van der Waals surface area contributed by atoms with E-state index in [2.05, 4.69) is 5.32 Å². The van der Waals surface area contributed by atoms with Gasteiger partial charge in [0.2, 0.25) is 5.91 Å². The SMILES string of the molecule is CC(=O)N[C@@H]1[C@@H](OC[C@H]2O[C@H]3OC4(CCCCC4)O[C@@H]3[C@H]3OC4(CCCCC4)O[C@@H]32)O[C@@H](COC(C)=O)[C@@H](OC(C)=O)[C@H]1OC(C)=O. The second-order valence-corrected chi connectivity index (χ2v) is 13.4. The number of esters is 3. The van der Waals surface area contributed by atoms with Gasteiger partial charge in [0, 0.05) is 53.4 Å². The number of carbonyl (C=O) groups is 4. The molecule has 264 valence electrons. The van der Waals surface area contributed by atoms with Crippen molar-refractivity contribution in [3.63, 3.8) is 0 Å². The fraction of sp³-hybridized carbons (Fsp3) is 0.875. The van der Waals surface area contributed by atoms with Crippen molar-refractivity contribution in [3.05, 3.63) is 0 Å². The van der Waals surface area contributed by atoms with Gasteiger partial charge in [-0.25, -0.2) is 0 Å². The van der Waals surface area contributed by atoms with Gasteiger partial charge in [0.15, 0.2) is 36.4 Å². The molecule has 4 heterocycles. The second kappa shape index (κ2) is 14.2. The molecule has 0 radical (unpaired) electrons. The van der Waals surface area contributed by atoms with Crippen molar-refractivity contribution >= 4 is 23.8 Å². The topological polar surface area (TPSA) is 173 Å². The molecule has 6 fully saturated rings. The number of carbonyl (C=O) groups excluding carboxylic acids is 4. The highest BCUT2D eigenvalue weighted by Crippen LogP contribution is 2.51. The minimum absolute atomic E-state index is 0.0910. The number of rotatable bonds is 8. The standard InChI is InChI=1S/C32H47NO14/c1-17(34)33-23-26(41-20(4)37)24(40-19(3)36)21(15-38-18(2)35)42-29(23)39-16-22-25-27(45-31(44-25)11-7-5-8-12-31)28-30(43-22)47-32(46-28)13-9-6-10-14-32/h21-30H,5-16H2,1-4H3,(H,33,34)/t21-,22+,23-,24+,25+,26-,27-,28+,29-,30-/m0/s1. The van der Waals surface area contributed by atoms with Crippen molar-refractivity contribution in [2.75, 3.05) is 13.2 Å². The number of fused-ring (bicyclic) bond motifs is 3. The number of hydrogen-bond donors (Lipinski definition) is 1. The molecule has 2 spiro atoms. The molecule has 47 heavy (non-hydrogen) atoms. The molecule has 15 heteroatoms. The molecular weight excluding hydrogens is 622 g/mol. The van der Waals surface area contributed by atoms with Crippen LogP contribution in [0.15, 0.2) is 0 Å². The highest BCUT2D eigenvalue weighted by atomic mass is 16.9. The van der Waals surface area contributed by atoms with E-state index in [1.54, 1.807) is 0 Å². The van der Waals surface area contributed by atoms with Crippen LogP contribution in [-0.2, 0) is 66.5 Å². The van der Waals surface area contributed by atoms with Crippen LogP contribution in [0.25, 0.3) is 0 Å². The first-order chi connectivity index (χ1) is 22.5. The van der Waals surface area contributed by atoms with Crippen molar-refractivity contribution in [2.24, 2.45) is 0 Å². The molecule has 15 nitrogen and oxygen atoms in total. The van der Waals surface area contributed by atoms with Gasteiger partial charge in [-0.2, -0.15) is 0 Å². The maximum Gasteiger partial charge on any atom is 0.303 e. The van der Waals surface area contributed by atoms with Gasteiger partial charge < -0.3 is 52.7 Å². The number of ether oxygens (including phenoxy) is 10. The third-order valence-corrected chi connectivity index (χ3v) is 9.70. The van der Waals surface area contributed by atoms with Crippen LogP contribution in [0.1, 0.15) is 91.9 Å². The van der Waals surface area contributed by atoms with Crippen molar-refractivity contribution in [1.29, 1.82) is 0 Å². The van der Waals surface area contributed by atoms with Crippen molar-refractivity contribution in [1.82, 2.24) is 5.32 Å². The predicted octanol–water partition coefficient (Wildman–Crippen LogP) is 1.90. The molecule has 0 unspecified atom stereocenters. The minimum Gasteiger partial charge on any atom is -0.463 e. The summed E-state index contributed by atoms with van der Waals surface area (Å²) in [7, 11) is 0. The van der Waals surface area contributed by atoms with Gasteiger partial charge in [0.05, 0.1) is 6.61 Å². The van der Waals surface area contributed by atoms with Crippen LogP contribution in [0.5, 0.6) is 0 Å². The Balaban J connectivity index is 1.25. The van der Waals surface area contributed by atoms with E-state index in [9.17, 15) is 19.2 Å². The molecular formula is C32H47NO14. The first-order valence-corrected chi connectivity index (χ1v) is 16.9. The second-order valence-electron chi connectivity index (χ2n) is 13.4. The van der Waals surface area contributed by atoms with E-state index >= 15 is 0 Å². The van der Waals surface area contributed by atoms with Crippen LogP contribution in [0.4, 0.5) is 0 Å². The molecule has 2 saturated carbocycles. The first-order valence-electron chi connectivity index (χ1n) is 16.9. The summed E-state index contributed by atoms with van der Waals surface area (Å²) in [4.78, 5) is 48.4. The lowest BCUT2D eigenvalue weighted by atomic mass is 9.94. The summed E-state index contributed by atoms with van der Waals surface area (Å²) in [6, 6.07) is -1.11. The number of amides is 1. The van der Waals surface area contributed by atoms with Crippen LogP contribution in [0, 0.1) is 0 Å². The van der Waals surface area contributed by atoms with E-state index in [0.29, 0.717) is 0 Å². The molecule has 1 N–H and O–H groups in total. The molecule has 6 aliphatic rings. The summed E-state index contributed by atoms with van der Waals surface area (Å²) in [6.45, 7) is 4.46. The fourth-order valence-corrected chi connectivity index (χ4v) is 7.80. The van der Waals surface area contributed by atoms with E-state index in [1.165, 1.54) is 27.7 Å². The van der Waals surface area contributed by atoms with E-state index in [-0.39, 0.29) is 13.2 Å². The Morgan fingerprint density at radius 2 is 1.21 bits per heavy atom. The fourth-order valence-electron chi connectivity index (χ4n) is 7.80. The normalized spacial score (nSPS) is 38.6. The zero-order chi connectivity index (χ0) is 33.3. The smallest absolute Gasteiger partial charge is 0.303 e. The molecule has 0 aromatic rings. The highest BCUT2D eigenvalue weighted by Gasteiger charge is 2.64. The lowest BCUT2D eigenvalue weighted by molar-refractivity contribution is -0.298. The van der Waals surface area contributed by atoms with Crippen LogP contribution in [0.2, 0.25) is 0 Å². The van der Waals surface area contributed by atoms with E-state index < -0.39 is 96.7 Å². The molecule has 1 amide bonds. The van der Waals surface area contributed by atoms with Crippen LogP contribution < -0.4 is 5.32 Å². The summed E-state index contributed by atoms with van der Waals surface area (Å²) in [5, 5.41) is 2.73. The van der Waals surface area contributed by atoms with Gasteiger partial charge in [-0.05, 0) is 25.7 Å². The maximum absolute atomic E-state index is 12.4. The summed E-state index contributed by atoms with van der Waals surface area (Å²) in [5.74, 6) is -3.92. The Hall–Kier alpha value is -2.40. The quantitative estimate of drug-likeness (QED) is 0.293. The van der Waals surface area contributed by atoms with Crippen LogP contribution in [-0.4, -0.2) is 110 Å². The zero-order valence-corrected chi connectivity index (χ0v) is 27.5. The minimum atomic E-state index is -1.24. The van der Waals surface area contributed by atoms with Gasteiger partial charge in [0.25, 0.3) is 0 Å². The molecule has 4 aliphatic heterocycles. The average molecular weight is 670 g/mol. The monoisotopic (exact) mass is 669 g/mol. The Bertz CT molecular complexity index is 1170. The average Bonchev–Trinajstić information content (AvgIpc) is 3.55. The van der Waals surface area contributed by atoms with Crippen molar-refractivity contribution in [3.8, 4) is 0 Å². The Labute approximate surface area is 273 Å². The Kier molecular flexibility index (Phi) is 10.4. The van der Waals surface area contributed by atoms with Crippen molar-refractivity contribution < 1.29 is 66.5 Å². The molecule has 0 aromatic heterocycles. The Morgan fingerprint density at radius 1 is 0.638 bits per heavy atom. The van der Waals surface area contributed by atoms with Gasteiger partial charge in [-0.15, -0.1) is 0 Å². The first kappa shape index (κ1) is 34.5. The van der Waals surface area contributed by atoms with Crippen LogP contribution in [0.3, 0.4) is 0 Å². The molecule has 2 aliphatic carbocycles. The van der Waals surface area contributed by atoms with Gasteiger partial charge >= 0.3 is 17.9 Å². The molecule has 0 bridgehead atoms. The molecule has 6 rings (SSSR count). The van der Waals surface area contributed by atoms with Gasteiger partial charge in [-0.1, -0.05) is 12.8 Å². The summed E-state index contributed by atoms with van der Waals surface area (Å²) < 4.78 is 61.8. The van der Waals surface area contributed by atoms with Gasteiger partial charge in [-0.3, -0.25) is 19.2 Å². The maximum atomic E-state index is 12.4. The lowest BCUT2D eigenvalue weighted by Gasteiger charge is -2.45. The lowest BCUT2D eigenvalue weighted by Crippen LogP contribution is -2.67. The summed E-state index contributed by atoms with van der Waals surface area (Å²) in [6.07, 6.45) is 1.57. The summed E-state index contributed by atoms with van der Waals surface area (Å²) >= 11 is 0. The van der Waals surface area contributed by atoms with Crippen molar-refractivity contribution in [2.45, 2.75) is 165 Å². The molecule has 4 saturated heterocycles. The number of nitrogens with one attached hydrogen (secondary N) is 1. The third kappa shape index (κ3) is 7.61. The van der Waals surface area contributed by atoms with Gasteiger partial charge in [0.1, 0.15) is 43.2 Å².